The second-order valence-corrected chi connectivity index (χ2v) is 7.79. The number of hydrogen-bond donors (Lipinski definition) is 0. The van der Waals surface area contributed by atoms with Gasteiger partial charge >= 0.3 is 5.69 Å². The Morgan fingerprint density at radius 3 is 2.53 bits per heavy atom. The van der Waals surface area contributed by atoms with Crippen LogP contribution in [-0.4, -0.2) is 26.4 Å². The van der Waals surface area contributed by atoms with E-state index in [0.717, 1.165) is 17.5 Å². The predicted octanol–water partition coefficient (Wildman–Crippen LogP) is 3.82. The van der Waals surface area contributed by atoms with Gasteiger partial charge in [-0.3, -0.25) is 9.36 Å². The SMILES string of the molecule is CCc1ccc(-n2c(=O)c3ccccc3n(Cc3nc(-c4cccc(OC)c4)no3)c2=O)cc1. The van der Waals surface area contributed by atoms with Gasteiger partial charge in [-0.25, -0.2) is 9.36 Å². The molecule has 0 unspecified atom stereocenters. The van der Waals surface area contributed by atoms with E-state index in [1.54, 1.807) is 49.6 Å². The summed E-state index contributed by atoms with van der Waals surface area (Å²) in [6.45, 7) is 2.07. The van der Waals surface area contributed by atoms with E-state index in [4.69, 9.17) is 9.26 Å². The molecule has 2 aromatic heterocycles. The zero-order valence-electron chi connectivity index (χ0n) is 18.8. The Balaban J connectivity index is 1.62. The van der Waals surface area contributed by atoms with E-state index in [0.29, 0.717) is 28.2 Å². The number of fused-ring (bicyclic) bond motifs is 1. The molecule has 0 fully saturated rings. The molecule has 0 aliphatic carbocycles. The number of benzene rings is 3. The van der Waals surface area contributed by atoms with Crippen LogP contribution in [0.25, 0.3) is 28.0 Å². The van der Waals surface area contributed by atoms with Crippen molar-refractivity contribution in [3.8, 4) is 22.8 Å². The highest BCUT2D eigenvalue weighted by molar-refractivity contribution is 5.78. The number of methoxy groups -OCH3 is 1. The van der Waals surface area contributed by atoms with Crippen molar-refractivity contribution < 1.29 is 9.26 Å². The van der Waals surface area contributed by atoms with Crippen molar-refractivity contribution in [3.05, 3.63) is 105 Å². The number of aryl methyl sites for hydroxylation is 1. The minimum Gasteiger partial charge on any atom is -0.497 e. The first-order valence-corrected chi connectivity index (χ1v) is 10.9. The third-order valence-electron chi connectivity index (χ3n) is 5.74. The number of para-hydroxylation sites is 1. The van der Waals surface area contributed by atoms with Crippen LogP contribution in [0.2, 0.25) is 0 Å². The van der Waals surface area contributed by atoms with Gasteiger partial charge in [0.2, 0.25) is 11.7 Å². The monoisotopic (exact) mass is 454 g/mol. The maximum absolute atomic E-state index is 13.5. The summed E-state index contributed by atoms with van der Waals surface area (Å²) in [6, 6.07) is 21.7. The maximum atomic E-state index is 13.5. The van der Waals surface area contributed by atoms with E-state index >= 15 is 0 Å². The van der Waals surface area contributed by atoms with E-state index in [2.05, 4.69) is 10.1 Å². The molecule has 0 saturated heterocycles. The Morgan fingerprint density at radius 2 is 1.76 bits per heavy atom. The first kappa shape index (κ1) is 21.4. The van der Waals surface area contributed by atoms with Crippen molar-refractivity contribution in [1.29, 1.82) is 0 Å². The minimum absolute atomic E-state index is 0.0175. The summed E-state index contributed by atoms with van der Waals surface area (Å²) in [5.74, 6) is 1.30. The molecule has 5 aromatic rings. The van der Waals surface area contributed by atoms with Gasteiger partial charge in [-0.15, -0.1) is 0 Å². The lowest BCUT2D eigenvalue weighted by Crippen LogP contribution is -2.39. The molecule has 0 saturated carbocycles. The molecule has 0 bridgehead atoms. The topological polar surface area (TPSA) is 92.2 Å². The Hall–Kier alpha value is -4.46. The van der Waals surface area contributed by atoms with Crippen molar-refractivity contribution >= 4 is 10.9 Å². The van der Waals surface area contributed by atoms with Crippen molar-refractivity contribution in [3.63, 3.8) is 0 Å². The van der Waals surface area contributed by atoms with Crippen LogP contribution in [0.4, 0.5) is 0 Å². The van der Waals surface area contributed by atoms with Gasteiger partial charge in [0.1, 0.15) is 12.3 Å². The molecule has 0 atom stereocenters. The van der Waals surface area contributed by atoms with Crippen LogP contribution in [0.1, 0.15) is 18.4 Å². The van der Waals surface area contributed by atoms with Crippen LogP contribution in [0.15, 0.2) is 86.9 Å². The standard InChI is InChI=1S/C26H22N4O4/c1-3-17-11-13-19(14-12-17)30-25(31)21-9-4-5-10-22(21)29(26(30)32)16-23-27-24(28-34-23)18-7-6-8-20(15-18)33-2/h4-15H,3,16H2,1-2H3. The molecule has 5 rings (SSSR count). The van der Waals surface area contributed by atoms with Gasteiger partial charge in [-0.1, -0.05) is 48.5 Å². The molecule has 34 heavy (non-hydrogen) atoms. The molecule has 0 amide bonds. The highest BCUT2D eigenvalue weighted by atomic mass is 16.5. The van der Waals surface area contributed by atoms with Crippen molar-refractivity contribution in [2.75, 3.05) is 7.11 Å². The maximum Gasteiger partial charge on any atom is 0.336 e. The second-order valence-electron chi connectivity index (χ2n) is 7.79. The Labute approximate surface area is 194 Å². The largest absolute Gasteiger partial charge is 0.497 e. The van der Waals surface area contributed by atoms with Crippen LogP contribution in [-0.2, 0) is 13.0 Å². The number of aromatic nitrogens is 4. The van der Waals surface area contributed by atoms with Gasteiger partial charge in [0.05, 0.1) is 23.7 Å². The lowest BCUT2D eigenvalue weighted by molar-refractivity contribution is 0.370. The molecule has 170 valence electrons. The Bertz CT molecular complexity index is 1600. The summed E-state index contributed by atoms with van der Waals surface area (Å²) in [6.07, 6.45) is 0.865. The predicted molar refractivity (Wildman–Crippen MR) is 129 cm³/mol. The van der Waals surface area contributed by atoms with Crippen molar-refractivity contribution in [2.45, 2.75) is 19.9 Å². The molecular weight excluding hydrogens is 432 g/mol. The fourth-order valence-electron chi connectivity index (χ4n) is 3.92. The normalized spacial score (nSPS) is 11.1. The quantitative estimate of drug-likeness (QED) is 0.387. The molecule has 8 nitrogen and oxygen atoms in total. The average molecular weight is 454 g/mol. The van der Waals surface area contributed by atoms with Gasteiger partial charge in [-0.05, 0) is 48.4 Å². The summed E-state index contributed by atoms with van der Waals surface area (Å²) in [7, 11) is 1.59. The fraction of sp³-hybridized carbons (Fsp3) is 0.154. The average Bonchev–Trinajstić information content (AvgIpc) is 3.36. The van der Waals surface area contributed by atoms with Crippen molar-refractivity contribution in [1.82, 2.24) is 19.3 Å². The first-order valence-electron chi connectivity index (χ1n) is 10.9. The summed E-state index contributed by atoms with van der Waals surface area (Å²) < 4.78 is 13.4. The second kappa shape index (κ2) is 8.82. The summed E-state index contributed by atoms with van der Waals surface area (Å²) >= 11 is 0. The number of ether oxygens (including phenoxy) is 1. The molecule has 0 spiro atoms. The summed E-state index contributed by atoms with van der Waals surface area (Å²) in [4.78, 5) is 31.3. The fourth-order valence-corrected chi connectivity index (χ4v) is 3.92. The molecule has 0 aliphatic rings. The number of nitrogens with zero attached hydrogens (tertiary/aromatic N) is 4. The summed E-state index contributed by atoms with van der Waals surface area (Å²) in [5, 5.41) is 4.48. The molecule has 0 aliphatic heterocycles. The van der Waals surface area contributed by atoms with Crippen LogP contribution in [0.5, 0.6) is 5.75 Å². The number of hydrogen-bond acceptors (Lipinski definition) is 6. The molecule has 8 heteroatoms. The van der Waals surface area contributed by atoms with Crippen LogP contribution < -0.4 is 16.0 Å². The van der Waals surface area contributed by atoms with E-state index in [9.17, 15) is 9.59 Å². The lowest BCUT2D eigenvalue weighted by Gasteiger charge is -2.13. The first-order chi connectivity index (χ1) is 16.6. The minimum atomic E-state index is -0.478. The third-order valence-corrected chi connectivity index (χ3v) is 5.74. The van der Waals surface area contributed by atoms with E-state index < -0.39 is 5.69 Å². The third kappa shape index (κ3) is 3.79. The van der Waals surface area contributed by atoms with Gasteiger partial charge in [-0.2, -0.15) is 4.98 Å². The van der Waals surface area contributed by atoms with Gasteiger partial charge in [0.25, 0.3) is 5.56 Å². The molecule has 2 heterocycles. The van der Waals surface area contributed by atoms with Gasteiger partial charge < -0.3 is 9.26 Å². The Morgan fingerprint density at radius 1 is 0.971 bits per heavy atom. The molecule has 3 aromatic carbocycles. The van der Waals surface area contributed by atoms with E-state index in [1.807, 2.05) is 37.3 Å². The van der Waals surface area contributed by atoms with Crippen LogP contribution in [0.3, 0.4) is 0 Å². The lowest BCUT2D eigenvalue weighted by atomic mass is 10.1. The van der Waals surface area contributed by atoms with E-state index in [1.165, 1.54) is 9.13 Å². The van der Waals surface area contributed by atoms with Crippen LogP contribution >= 0.6 is 0 Å². The Kier molecular flexibility index (Phi) is 5.55. The molecule has 0 radical (unpaired) electrons. The highest BCUT2D eigenvalue weighted by Gasteiger charge is 2.17. The van der Waals surface area contributed by atoms with Gasteiger partial charge in [0, 0.05) is 5.56 Å². The zero-order valence-corrected chi connectivity index (χ0v) is 18.8. The molecular formula is C26H22N4O4. The van der Waals surface area contributed by atoms with Crippen LogP contribution in [0, 0.1) is 0 Å². The van der Waals surface area contributed by atoms with E-state index in [-0.39, 0.29) is 18.0 Å². The van der Waals surface area contributed by atoms with Crippen molar-refractivity contribution in [2.24, 2.45) is 0 Å². The van der Waals surface area contributed by atoms with Gasteiger partial charge in [0.15, 0.2) is 0 Å². The summed E-state index contributed by atoms with van der Waals surface area (Å²) in [5.41, 5.74) is 2.01. The highest BCUT2D eigenvalue weighted by Crippen LogP contribution is 2.21. The zero-order chi connectivity index (χ0) is 23.7. The number of rotatable bonds is 6. The molecule has 0 N–H and O–H groups in total. The smallest absolute Gasteiger partial charge is 0.336 e.